The predicted octanol–water partition coefficient (Wildman–Crippen LogP) is 12.1. The van der Waals surface area contributed by atoms with E-state index in [1.807, 2.05) is 29.2 Å². The van der Waals surface area contributed by atoms with Gasteiger partial charge in [-0.3, -0.25) is 20.4 Å². The van der Waals surface area contributed by atoms with Crippen molar-refractivity contribution in [1.82, 2.24) is 101 Å². The maximum absolute atomic E-state index is 14.3. The Morgan fingerprint density at radius 3 is 1.00 bits per heavy atom. The number of aromatic amines is 4. The van der Waals surface area contributed by atoms with Crippen LogP contribution in [-0.4, -0.2) is 167 Å². The smallest absolute Gasteiger partial charge is 0.233 e. The van der Waals surface area contributed by atoms with E-state index in [1.165, 1.54) is 67.3 Å². The molecule has 4 saturated heterocycles. The van der Waals surface area contributed by atoms with Crippen molar-refractivity contribution < 1.29 is 50.4 Å². The molecule has 12 aromatic rings. The summed E-state index contributed by atoms with van der Waals surface area (Å²) in [4.78, 5) is 57.7. The lowest BCUT2D eigenvalue weighted by Crippen LogP contribution is -2.27. The highest BCUT2D eigenvalue weighted by Crippen LogP contribution is 2.45. The second-order valence-corrected chi connectivity index (χ2v) is 29.6. The quantitative estimate of drug-likeness (QED) is 0.0316. The Bertz CT molecular complexity index is 5230. The molecule has 39 heteroatoms. The monoisotopic (exact) mass is 1580 g/mol. The highest BCUT2D eigenvalue weighted by molar-refractivity contribution is 5.56. The number of aliphatic hydroxyl groups is 3. The van der Waals surface area contributed by atoms with E-state index >= 15 is 0 Å². The highest BCUT2D eigenvalue weighted by atomic mass is 19.2. The summed E-state index contributed by atoms with van der Waals surface area (Å²) >= 11 is 0. The van der Waals surface area contributed by atoms with Gasteiger partial charge in [0.05, 0.1) is 49.0 Å². The molecule has 4 aliphatic heterocycles. The van der Waals surface area contributed by atoms with Gasteiger partial charge in [-0.1, -0.05) is 18.2 Å². The Kier molecular flexibility index (Phi) is 21.3. The molecule has 4 aliphatic carbocycles. The zero-order chi connectivity index (χ0) is 79.0. The van der Waals surface area contributed by atoms with Crippen molar-refractivity contribution in [2.75, 3.05) is 67.0 Å². The van der Waals surface area contributed by atoms with Gasteiger partial charge < -0.3 is 56.2 Å². The summed E-state index contributed by atoms with van der Waals surface area (Å²) in [6, 6.07) is 22.0. The summed E-state index contributed by atoms with van der Waals surface area (Å²) in [5.41, 5.74) is 5.79. The fourth-order valence-electron chi connectivity index (χ4n) is 14.7. The number of benzene rings is 4. The molecule has 0 amide bonds. The standard InChI is InChI=1S/C19H18F3N7.2C19H19F2N7O.C19H20FN7O/c20-11-3-4-14(22)13(5-11)16-6-12(21)8-29(16)19-24-9-23-18(26-19)25-17-7-15(27-28-17)10-1-2-10;20-11-3-4-14(21)13(5-11)16-6-12(29)8-28(16)19-23-9-22-18(25-19)24-17-7-15(26-27-17)10-1-2-10;20-11-3-4-13(14(21)5-11)16-6-12(29)8-28(16)19-23-9-22-18(25-19)24-17-7-15(26-27-17)10-1-2-10;20-13-5-3-12(4-6-13)16-7-14(28)9-27(16)19-22-10-21-18(24-19)23-17-8-15(25-26-17)11-1-2-11/h3-5,7,9-10,12,16H,1-2,6,8H2,(H2,23,24,25,26,27,28);2*3-5,7,9-10,12,16,29H,1-2,6,8H2,(H2,22,23,24,25,26,27);3-6,8,10-11,14,16,28H,1-2,7,9H2,(H2,21,22,23,24,25,26). The van der Waals surface area contributed by atoms with Crippen LogP contribution >= 0.6 is 0 Å². The summed E-state index contributed by atoms with van der Waals surface area (Å²) in [6.07, 6.45) is 12.8. The number of rotatable bonds is 20. The van der Waals surface area contributed by atoms with E-state index in [0.717, 1.165) is 109 Å². The van der Waals surface area contributed by atoms with Gasteiger partial charge in [-0.25, -0.2) is 75.0 Å². The maximum atomic E-state index is 14.3. The third-order valence-corrected chi connectivity index (χ3v) is 21.0. The van der Waals surface area contributed by atoms with Crippen LogP contribution in [0.4, 0.5) is 106 Å². The number of aromatic nitrogens is 20. The lowest BCUT2D eigenvalue weighted by atomic mass is 10.0. The maximum Gasteiger partial charge on any atom is 0.233 e. The minimum Gasteiger partial charge on any atom is -0.391 e. The van der Waals surface area contributed by atoms with Gasteiger partial charge in [0.15, 0.2) is 23.3 Å². The van der Waals surface area contributed by atoms with Crippen molar-refractivity contribution in [3.05, 3.63) is 214 Å². The summed E-state index contributed by atoms with van der Waals surface area (Å²) in [6.45, 7) is 0.829. The van der Waals surface area contributed by atoms with Gasteiger partial charge in [0.25, 0.3) is 0 Å². The number of anilines is 12. The molecule has 0 bridgehead atoms. The average molecular weight is 1580 g/mol. The summed E-state index contributed by atoms with van der Waals surface area (Å²) in [7, 11) is 0. The largest absolute Gasteiger partial charge is 0.391 e. The molecule has 20 rings (SSSR count). The van der Waals surface area contributed by atoms with Gasteiger partial charge in [-0.2, -0.15) is 40.3 Å². The van der Waals surface area contributed by atoms with Crippen molar-refractivity contribution in [2.24, 2.45) is 0 Å². The Hall–Kier alpha value is -12.5. The molecule has 594 valence electrons. The lowest BCUT2D eigenvalue weighted by Gasteiger charge is -2.25. The van der Waals surface area contributed by atoms with Gasteiger partial charge in [0.2, 0.25) is 47.6 Å². The van der Waals surface area contributed by atoms with Crippen LogP contribution in [0.2, 0.25) is 0 Å². The fourth-order valence-corrected chi connectivity index (χ4v) is 14.7. The van der Waals surface area contributed by atoms with Crippen LogP contribution in [0.15, 0.2) is 128 Å². The normalized spacial score (nSPS) is 21.6. The topological polar surface area (TPSA) is 391 Å². The van der Waals surface area contributed by atoms with Crippen molar-refractivity contribution in [3.63, 3.8) is 0 Å². The third kappa shape index (κ3) is 18.0. The van der Waals surface area contributed by atoms with Crippen LogP contribution in [0.5, 0.6) is 0 Å². The number of nitrogens with one attached hydrogen (secondary N) is 8. The molecule has 0 radical (unpaired) electrons. The Labute approximate surface area is 649 Å². The molecule has 115 heavy (non-hydrogen) atoms. The molecule has 11 N–H and O–H groups in total. The number of nitrogens with zero attached hydrogens (tertiary/aromatic N) is 20. The van der Waals surface area contributed by atoms with Crippen molar-refractivity contribution >= 4 is 70.9 Å². The molecular formula is C76H76F8N28O3. The second kappa shape index (κ2) is 32.5. The van der Waals surface area contributed by atoms with Crippen LogP contribution < -0.4 is 40.9 Å². The summed E-state index contributed by atoms with van der Waals surface area (Å²) < 4.78 is 111. The van der Waals surface area contributed by atoms with E-state index in [-0.39, 0.29) is 79.3 Å². The van der Waals surface area contributed by atoms with Gasteiger partial charge in [-0.05, 0) is 131 Å². The molecule has 8 aromatic heterocycles. The van der Waals surface area contributed by atoms with Crippen LogP contribution in [-0.2, 0) is 0 Å². The molecule has 8 unspecified atom stereocenters. The van der Waals surface area contributed by atoms with Gasteiger partial charge in [0, 0.05) is 120 Å². The predicted molar refractivity (Wildman–Crippen MR) is 402 cm³/mol. The molecule has 12 heterocycles. The fraction of sp³-hybridized carbons (Fsp3) is 0.368. The Balaban J connectivity index is 0.000000111. The molecule has 0 spiro atoms. The summed E-state index contributed by atoms with van der Waals surface area (Å²) in [5, 5.41) is 71.6. The van der Waals surface area contributed by atoms with Crippen molar-refractivity contribution in [3.8, 4) is 0 Å². The van der Waals surface area contributed by atoms with Crippen molar-refractivity contribution in [1.29, 1.82) is 0 Å². The number of alkyl halides is 1. The molecule has 8 atom stereocenters. The Morgan fingerprint density at radius 2 is 0.635 bits per heavy atom. The van der Waals surface area contributed by atoms with Crippen LogP contribution in [0.3, 0.4) is 0 Å². The molecule has 4 saturated carbocycles. The first-order valence-corrected chi connectivity index (χ1v) is 37.8. The van der Waals surface area contributed by atoms with E-state index in [9.17, 15) is 50.4 Å². The second-order valence-electron chi connectivity index (χ2n) is 29.6. The van der Waals surface area contributed by atoms with Gasteiger partial charge in [-0.15, -0.1) is 0 Å². The van der Waals surface area contributed by atoms with E-state index < -0.39 is 77.5 Å². The zero-order valence-electron chi connectivity index (χ0n) is 61.2. The number of aliphatic hydroxyl groups excluding tert-OH is 3. The molecule has 31 nitrogen and oxygen atoms in total. The third-order valence-electron chi connectivity index (χ3n) is 21.0. The van der Waals surface area contributed by atoms with Crippen LogP contribution in [0, 0.1) is 40.7 Å². The van der Waals surface area contributed by atoms with E-state index in [1.54, 1.807) is 21.9 Å². The van der Waals surface area contributed by atoms with E-state index in [2.05, 4.69) is 122 Å². The molecule has 8 fully saturated rings. The lowest BCUT2D eigenvalue weighted by molar-refractivity contribution is 0.193. The Morgan fingerprint density at radius 1 is 0.322 bits per heavy atom. The number of hydrogen-bond acceptors (Lipinski definition) is 27. The van der Waals surface area contributed by atoms with E-state index in [0.29, 0.717) is 95.7 Å². The minimum atomic E-state index is -1.21. The first-order valence-electron chi connectivity index (χ1n) is 37.8. The number of β-amino-alcohol motifs (C(OH)–C–C–N with tert-alkyl or cyclic N) is 3. The number of hydrogen-bond donors (Lipinski definition) is 11. The molecule has 4 aromatic carbocycles. The van der Waals surface area contributed by atoms with Gasteiger partial charge in [0.1, 0.15) is 72.2 Å². The minimum absolute atomic E-state index is 0.0156. The zero-order valence-corrected chi connectivity index (χ0v) is 61.2. The average Bonchev–Trinajstić information content (AvgIpc) is 1.72. The van der Waals surface area contributed by atoms with Crippen LogP contribution in [0.1, 0.15) is 170 Å². The molecule has 8 aliphatic rings. The molecular weight excluding hydrogens is 1510 g/mol. The highest BCUT2D eigenvalue weighted by Gasteiger charge is 2.41. The number of halogens is 8. The first kappa shape index (κ1) is 75.2. The summed E-state index contributed by atoms with van der Waals surface area (Å²) in [5.74, 6) is 3.22. The SMILES string of the molecule is Fc1ccc(F)c(C2CC(F)CN2c2ncnc(Nc3cc(C4CC4)[nH]n3)n2)c1.OC1CC(c2cc(F)ccc2F)N(c2ncnc(Nc3cc(C4CC4)[nH]n3)n2)C1.OC1CC(c2ccc(F)cc2)N(c2ncnc(Nc3cc(C4CC4)[nH]n3)n2)C1.OC1CC(c2ccc(F)cc2F)N(c2ncnc(Nc3cc(C4CC4)[nH]n3)n2)C1. The van der Waals surface area contributed by atoms with Gasteiger partial charge >= 0.3 is 0 Å². The van der Waals surface area contributed by atoms with E-state index in [4.69, 9.17) is 0 Å². The van der Waals surface area contributed by atoms with Crippen LogP contribution in [0.25, 0.3) is 0 Å². The number of H-pyrrole nitrogens is 4. The first-order chi connectivity index (χ1) is 55.8. The van der Waals surface area contributed by atoms with Crippen molar-refractivity contribution in [2.45, 2.75) is 149 Å².